The summed E-state index contributed by atoms with van der Waals surface area (Å²) in [5.41, 5.74) is 12.2. The standard InChI is InChI=1S/C32H31F2N3O2.C31H29F2N3O2/c1-5-22-8-6-7-9-29(22)37-20(2)14-24-17-23(25-18-35-36(3)19-25)11-12-26(24)32(37)31-27(33)15-21(16-28(31)34)10-13-30(38)39-4;1-4-21-7-5-6-8-28(21)36-19(2)13-23-16-22(24-17-34-35(3)18-24)10-11-25(23)31(36)30-26(32)14-20(15-27(30)33)9-12-29(37)38/h6-13,15-20,32H,5,14H2,1-4H3;5-12,14-19,31H,4,13H2,1-3H3,(H,37,38)/b13-10+;12-9+. The number of halogens is 4. The molecule has 8 aromatic rings. The van der Waals surface area contributed by atoms with Crippen LogP contribution in [0.4, 0.5) is 28.9 Å². The number of esters is 1. The molecule has 4 heterocycles. The second-order valence-electron chi connectivity index (χ2n) is 19.6. The molecule has 10 rings (SSSR count). The fourth-order valence-corrected chi connectivity index (χ4v) is 11.0. The normalized spacial score (nSPS) is 17.0. The first-order chi connectivity index (χ1) is 37.1. The van der Waals surface area contributed by atoms with Crippen molar-refractivity contribution in [1.29, 1.82) is 0 Å². The molecular formula is C63H60F4N6O4. The molecule has 4 atom stereocenters. The Morgan fingerprint density at radius 2 is 1.00 bits per heavy atom. The summed E-state index contributed by atoms with van der Waals surface area (Å²) in [5, 5.41) is 17.5. The molecule has 77 heavy (non-hydrogen) atoms. The van der Waals surface area contributed by atoms with Crippen molar-refractivity contribution in [2.75, 3.05) is 16.9 Å². The average Bonchev–Trinajstić information content (AvgIpc) is 4.07. The minimum atomic E-state index is -1.18. The number of benzene rings is 6. The number of aryl methyl sites for hydroxylation is 4. The number of carbonyl (C=O) groups excluding carboxylic acids is 1. The van der Waals surface area contributed by atoms with Crippen LogP contribution in [-0.2, 0) is 54.1 Å². The molecule has 0 saturated heterocycles. The Bertz CT molecular complexity index is 3520. The summed E-state index contributed by atoms with van der Waals surface area (Å²) >= 11 is 0. The van der Waals surface area contributed by atoms with Gasteiger partial charge in [-0.25, -0.2) is 27.2 Å². The quantitative estimate of drug-likeness (QED) is 0.0733. The molecule has 4 unspecified atom stereocenters. The van der Waals surface area contributed by atoms with Gasteiger partial charge in [-0.05, 0) is 144 Å². The smallest absolute Gasteiger partial charge is 0.330 e. The van der Waals surface area contributed by atoms with Gasteiger partial charge in [0.15, 0.2) is 0 Å². The number of carboxylic acid groups (broad SMARTS) is 1. The van der Waals surface area contributed by atoms with Gasteiger partial charge in [-0.1, -0.05) is 86.6 Å². The van der Waals surface area contributed by atoms with Crippen molar-refractivity contribution in [2.24, 2.45) is 14.1 Å². The van der Waals surface area contributed by atoms with Crippen molar-refractivity contribution in [3.63, 3.8) is 0 Å². The molecule has 0 spiro atoms. The summed E-state index contributed by atoms with van der Waals surface area (Å²) < 4.78 is 71.5. The number of aromatic nitrogens is 4. The lowest BCUT2D eigenvalue weighted by atomic mass is 9.82. The molecule has 1 N–H and O–H groups in total. The Labute approximate surface area is 446 Å². The van der Waals surface area contributed by atoms with Crippen LogP contribution in [0.1, 0.15) is 95.4 Å². The van der Waals surface area contributed by atoms with Crippen molar-refractivity contribution in [1.82, 2.24) is 19.6 Å². The summed E-state index contributed by atoms with van der Waals surface area (Å²) in [7, 11) is 4.99. The van der Waals surface area contributed by atoms with E-state index in [-0.39, 0.29) is 34.3 Å². The number of anilines is 2. The maximum Gasteiger partial charge on any atom is 0.330 e. The average molecular weight is 1040 g/mol. The SMILES string of the molecule is CCc1ccccc1N1C(C)Cc2cc(-c3cnn(C)c3)ccc2C1c1c(F)cc(/C=C/C(=O)O)cc1F.CCc1ccccc1N1C(C)Cc2cc(-c3cnn(C)c3)ccc2C1c1c(F)cc(/C=C/C(=O)OC)cc1F. The van der Waals surface area contributed by atoms with Gasteiger partial charge in [0.05, 0.1) is 42.7 Å². The highest BCUT2D eigenvalue weighted by Gasteiger charge is 2.39. The summed E-state index contributed by atoms with van der Waals surface area (Å²) in [6, 6.07) is 31.6. The third kappa shape index (κ3) is 11.1. The van der Waals surface area contributed by atoms with Crippen molar-refractivity contribution >= 4 is 35.5 Å². The molecule has 0 amide bonds. The Balaban J connectivity index is 0.000000188. The third-order valence-corrected chi connectivity index (χ3v) is 14.6. The van der Waals surface area contributed by atoms with Crippen molar-refractivity contribution in [3.8, 4) is 22.3 Å². The van der Waals surface area contributed by atoms with E-state index in [1.54, 1.807) is 15.6 Å². The van der Waals surface area contributed by atoms with Crippen LogP contribution >= 0.6 is 0 Å². The van der Waals surface area contributed by atoms with E-state index in [1.807, 2.05) is 99.4 Å². The zero-order chi connectivity index (χ0) is 54.7. The van der Waals surface area contributed by atoms with Crippen LogP contribution < -0.4 is 9.80 Å². The molecular weight excluding hydrogens is 981 g/mol. The lowest BCUT2D eigenvalue weighted by Crippen LogP contribution is -2.44. The van der Waals surface area contributed by atoms with E-state index in [9.17, 15) is 9.59 Å². The molecule has 0 saturated carbocycles. The molecule has 0 fully saturated rings. The van der Waals surface area contributed by atoms with E-state index in [2.05, 4.69) is 70.6 Å². The summed E-state index contributed by atoms with van der Waals surface area (Å²) in [4.78, 5) is 26.7. The number of fused-ring (bicyclic) bond motifs is 2. The topological polar surface area (TPSA) is 106 Å². The van der Waals surface area contributed by atoms with Gasteiger partial charge in [0.25, 0.3) is 0 Å². The Hall–Kier alpha value is -8.52. The number of aliphatic carboxylic acids is 1. The number of rotatable bonds is 12. The van der Waals surface area contributed by atoms with E-state index in [0.717, 1.165) is 98.4 Å². The Morgan fingerprint density at radius 3 is 1.36 bits per heavy atom. The maximum absolute atomic E-state index is 15.9. The Kier molecular flexibility index (Phi) is 15.8. The third-order valence-electron chi connectivity index (χ3n) is 14.6. The molecule has 10 nitrogen and oxygen atoms in total. The van der Waals surface area contributed by atoms with Crippen molar-refractivity contribution in [2.45, 2.75) is 77.5 Å². The van der Waals surface area contributed by atoms with Crippen molar-refractivity contribution < 1.29 is 37.0 Å². The molecule has 0 radical (unpaired) electrons. The number of methoxy groups -OCH3 is 1. The fraction of sp³-hybridized carbons (Fsp3) is 0.238. The van der Waals surface area contributed by atoms with E-state index in [4.69, 9.17) is 5.11 Å². The van der Waals surface area contributed by atoms with Gasteiger partial charge in [-0.2, -0.15) is 10.2 Å². The van der Waals surface area contributed by atoms with E-state index in [0.29, 0.717) is 6.42 Å². The van der Waals surface area contributed by atoms with Crippen LogP contribution in [0.25, 0.3) is 34.4 Å². The highest BCUT2D eigenvalue weighted by molar-refractivity contribution is 5.87. The Morgan fingerprint density at radius 1 is 0.597 bits per heavy atom. The van der Waals surface area contributed by atoms with E-state index in [1.165, 1.54) is 43.5 Å². The minimum absolute atomic E-state index is 0.0157. The predicted octanol–water partition coefficient (Wildman–Crippen LogP) is 13.2. The molecule has 2 aliphatic heterocycles. The largest absolute Gasteiger partial charge is 0.478 e. The van der Waals surface area contributed by atoms with E-state index < -0.39 is 47.3 Å². The monoisotopic (exact) mass is 1040 g/mol. The lowest BCUT2D eigenvalue weighted by Gasteiger charge is -2.45. The number of hydrogen-bond donors (Lipinski definition) is 1. The number of carbonyl (C=O) groups is 2. The summed E-state index contributed by atoms with van der Waals surface area (Å²) in [5.74, 6) is -4.54. The number of para-hydroxylation sites is 2. The van der Waals surface area contributed by atoms with Crippen LogP contribution in [-0.4, -0.2) is 55.8 Å². The van der Waals surface area contributed by atoms with Crippen LogP contribution in [0.3, 0.4) is 0 Å². The number of carboxylic acids is 1. The maximum atomic E-state index is 15.9. The molecule has 6 aromatic carbocycles. The first-order valence-electron chi connectivity index (χ1n) is 25.7. The van der Waals surface area contributed by atoms with Crippen LogP contribution in [0, 0.1) is 23.3 Å². The molecule has 0 bridgehead atoms. The van der Waals surface area contributed by atoms with Gasteiger partial charge in [0.1, 0.15) is 23.3 Å². The molecule has 2 aromatic heterocycles. The molecule has 14 heteroatoms. The van der Waals surface area contributed by atoms with Crippen LogP contribution in [0.2, 0.25) is 0 Å². The second-order valence-corrected chi connectivity index (χ2v) is 19.6. The minimum Gasteiger partial charge on any atom is -0.478 e. The zero-order valence-corrected chi connectivity index (χ0v) is 44.0. The molecule has 2 aliphatic rings. The first-order valence-corrected chi connectivity index (χ1v) is 25.7. The van der Waals surface area contributed by atoms with Crippen LogP contribution in [0.15, 0.2) is 146 Å². The van der Waals surface area contributed by atoms with Gasteiger partial charge >= 0.3 is 11.9 Å². The summed E-state index contributed by atoms with van der Waals surface area (Å²) in [6.45, 7) is 8.34. The van der Waals surface area contributed by atoms with Crippen LogP contribution in [0.5, 0.6) is 0 Å². The number of hydrogen-bond acceptors (Lipinski definition) is 7. The zero-order valence-electron chi connectivity index (χ0n) is 44.0. The first kappa shape index (κ1) is 53.3. The van der Waals surface area contributed by atoms with Crippen molar-refractivity contribution in [3.05, 3.63) is 225 Å². The number of ether oxygens (including phenoxy) is 1. The number of nitrogens with zero attached hydrogens (tertiary/aromatic N) is 6. The summed E-state index contributed by atoms with van der Waals surface area (Å²) in [6.07, 6.45) is 15.1. The highest BCUT2D eigenvalue weighted by Crippen LogP contribution is 2.47. The fourth-order valence-electron chi connectivity index (χ4n) is 11.0. The predicted molar refractivity (Wildman–Crippen MR) is 294 cm³/mol. The highest BCUT2D eigenvalue weighted by atomic mass is 19.1. The van der Waals surface area contributed by atoms with Gasteiger partial charge < -0.3 is 19.6 Å². The van der Waals surface area contributed by atoms with Gasteiger partial charge in [-0.3, -0.25) is 9.36 Å². The van der Waals surface area contributed by atoms with Gasteiger partial charge in [0, 0.05) is 73.2 Å². The molecule has 394 valence electrons. The van der Waals surface area contributed by atoms with Gasteiger partial charge in [-0.15, -0.1) is 0 Å². The van der Waals surface area contributed by atoms with E-state index >= 15 is 17.6 Å². The molecule has 0 aliphatic carbocycles. The second kappa shape index (κ2) is 22.8. The lowest BCUT2D eigenvalue weighted by molar-refractivity contribution is -0.135. The van der Waals surface area contributed by atoms with Gasteiger partial charge in [0.2, 0.25) is 0 Å².